The number of aliphatic carboxylic acids is 1. The number of nitrogens with one attached hydrogen (secondary N) is 1. The lowest BCUT2D eigenvalue weighted by atomic mass is 9.93. The number of hydrogen-bond donors (Lipinski definition) is 2. The van der Waals surface area contributed by atoms with Gasteiger partial charge >= 0.3 is 5.97 Å². The van der Waals surface area contributed by atoms with Crippen molar-refractivity contribution in [2.45, 2.75) is 32.0 Å². The molecule has 0 amide bonds. The average Bonchev–Trinajstić information content (AvgIpc) is 3.13. The van der Waals surface area contributed by atoms with E-state index in [-0.39, 0.29) is 18.9 Å². The van der Waals surface area contributed by atoms with E-state index in [1.807, 2.05) is 17.0 Å². The molecule has 212 valence electrons. The van der Waals surface area contributed by atoms with E-state index in [9.17, 15) is 9.18 Å². The van der Waals surface area contributed by atoms with Crippen molar-refractivity contribution in [1.82, 2.24) is 25.2 Å². The molecule has 12 heteroatoms. The Labute approximate surface area is 242 Å². The number of carbonyl (C=O) groups is 1. The molecule has 2 saturated heterocycles. The largest absolute Gasteiger partial charge is 0.481 e. The van der Waals surface area contributed by atoms with Crippen LogP contribution < -0.4 is 15.0 Å². The molecule has 0 spiro atoms. The Kier molecular flexibility index (Phi) is 9.31. The number of carboxylic acid groups (broad SMARTS) is 1. The number of hydrogen-bond acceptors (Lipinski definition) is 8. The molecule has 1 atom stereocenters. The van der Waals surface area contributed by atoms with Crippen LogP contribution in [0.2, 0.25) is 10.0 Å². The molecule has 2 N–H and O–H groups in total. The van der Waals surface area contributed by atoms with Gasteiger partial charge in [0.1, 0.15) is 6.17 Å². The van der Waals surface area contributed by atoms with Gasteiger partial charge in [0.05, 0.1) is 24.6 Å². The highest BCUT2D eigenvalue weighted by atomic mass is 35.5. The number of likely N-dealkylation sites (tertiary alicyclic amines) is 1. The number of piperidine rings is 1. The highest BCUT2D eigenvalue weighted by Crippen LogP contribution is 2.31. The summed E-state index contributed by atoms with van der Waals surface area (Å²) in [4.78, 5) is 28.7. The maximum absolute atomic E-state index is 14.0. The summed E-state index contributed by atoms with van der Waals surface area (Å²) in [5.41, 5.74) is 2.39. The predicted molar refractivity (Wildman–Crippen MR) is 152 cm³/mol. The van der Waals surface area contributed by atoms with Gasteiger partial charge in [-0.25, -0.2) is 19.3 Å². The molecular weight excluding hydrogens is 558 g/mol. The first-order chi connectivity index (χ1) is 19.3. The van der Waals surface area contributed by atoms with Crippen LogP contribution in [-0.2, 0) is 11.3 Å². The van der Waals surface area contributed by atoms with Crippen molar-refractivity contribution >= 4 is 35.1 Å². The summed E-state index contributed by atoms with van der Waals surface area (Å²) in [6, 6.07) is 9.12. The zero-order valence-corrected chi connectivity index (χ0v) is 23.4. The molecule has 2 fully saturated rings. The fraction of sp³-hybridized carbons (Fsp3) is 0.429. The van der Waals surface area contributed by atoms with Gasteiger partial charge in [-0.15, -0.1) is 0 Å². The lowest BCUT2D eigenvalue weighted by molar-refractivity contribution is -0.138. The van der Waals surface area contributed by atoms with Crippen LogP contribution in [0.25, 0.3) is 11.3 Å². The Hall–Kier alpha value is -3.05. The summed E-state index contributed by atoms with van der Waals surface area (Å²) >= 11 is 12.5. The molecule has 0 saturated carbocycles. The van der Waals surface area contributed by atoms with Crippen LogP contribution in [0.1, 0.15) is 24.8 Å². The molecule has 2 aliphatic rings. The zero-order chi connectivity index (χ0) is 28.1. The molecule has 4 heterocycles. The first-order valence-electron chi connectivity index (χ1n) is 13.3. The van der Waals surface area contributed by atoms with Gasteiger partial charge in [0.25, 0.3) is 0 Å². The normalized spacial score (nSPS) is 18.9. The molecule has 0 bridgehead atoms. The van der Waals surface area contributed by atoms with Gasteiger partial charge in [-0.2, -0.15) is 0 Å². The Balaban J connectivity index is 1.35. The highest BCUT2D eigenvalue weighted by Gasteiger charge is 2.22. The number of halogens is 3. The number of rotatable bonds is 8. The van der Waals surface area contributed by atoms with E-state index >= 15 is 0 Å². The monoisotopic (exact) mass is 588 g/mol. The number of ether oxygens (including phenoxy) is 1. The van der Waals surface area contributed by atoms with E-state index in [1.54, 1.807) is 30.6 Å². The number of pyridine rings is 1. The van der Waals surface area contributed by atoms with Gasteiger partial charge < -0.3 is 20.1 Å². The van der Waals surface area contributed by atoms with Crippen molar-refractivity contribution in [2.24, 2.45) is 5.92 Å². The van der Waals surface area contributed by atoms with Gasteiger partial charge in [-0.05, 0) is 61.7 Å². The minimum Gasteiger partial charge on any atom is -0.481 e. The van der Waals surface area contributed by atoms with Crippen LogP contribution in [-0.4, -0.2) is 76.4 Å². The molecule has 0 aliphatic carbocycles. The molecule has 2 aliphatic heterocycles. The molecule has 1 aromatic carbocycles. The van der Waals surface area contributed by atoms with Crippen molar-refractivity contribution in [3.05, 3.63) is 58.3 Å². The number of benzene rings is 1. The topological polar surface area (TPSA) is 104 Å². The number of aromatic nitrogens is 3. The SMILES string of the molecule is O=C(O)CC1CCN(Cc2cc(Oc3cnc(N4CCNCC(F)C4)nc3)nc(-c3cc(Cl)cc(Cl)c3)c2)CC1. The first kappa shape index (κ1) is 28.5. The lowest BCUT2D eigenvalue weighted by Gasteiger charge is -2.31. The Morgan fingerprint density at radius 1 is 1.07 bits per heavy atom. The van der Waals surface area contributed by atoms with Gasteiger partial charge in [-0.3, -0.25) is 9.69 Å². The second-order valence-electron chi connectivity index (χ2n) is 10.2. The molecule has 2 aromatic heterocycles. The van der Waals surface area contributed by atoms with E-state index in [2.05, 4.69) is 20.2 Å². The van der Waals surface area contributed by atoms with Crippen LogP contribution in [0.4, 0.5) is 10.3 Å². The standard InChI is InChI=1S/C28H31Cl2FN6O3/c29-21-10-20(11-22(30)12-21)25-7-19(16-36-4-1-18(2-5-36)9-27(38)39)8-26(35-25)40-24-14-33-28(34-15-24)37-6-3-32-13-23(31)17-37/h7-8,10-12,14-15,18,23,32H,1-6,9,13,16-17H2,(H,38,39). The van der Waals surface area contributed by atoms with Crippen molar-refractivity contribution in [1.29, 1.82) is 0 Å². The predicted octanol–water partition coefficient (Wildman–Crippen LogP) is 5.07. The van der Waals surface area contributed by atoms with Crippen molar-refractivity contribution in [3.8, 4) is 22.9 Å². The molecule has 0 radical (unpaired) electrons. The lowest BCUT2D eigenvalue weighted by Crippen LogP contribution is -2.33. The summed E-state index contributed by atoms with van der Waals surface area (Å²) in [6.07, 6.45) is 4.03. The van der Waals surface area contributed by atoms with Crippen molar-refractivity contribution in [3.63, 3.8) is 0 Å². The molecule has 1 unspecified atom stereocenters. The second kappa shape index (κ2) is 13.1. The van der Waals surface area contributed by atoms with Crippen LogP contribution in [0.15, 0.2) is 42.7 Å². The third-order valence-electron chi connectivity index (χ3n) is 7.06. The van der Waals surface area contributed by atoms with Crippen molar-refractivity contribution in [2.75, 3.05) is 44.2 Å². The number of carboxylic acids is 1. The Morgan fingerprint density at radius 2 is 1.80 bits per heavy atom. The highest BCUT2D eigenvalue weighted by molar-refractivity contribution is 6.35. The van der Waals surface area contributed by atoms with E-state index in [4.69, 9.17) is 38.0 Å². The van der Waals surface area contributed by atoms with Gasteiger partial charge in [0.2, 0.25) is 11.8 Å². The van der Waals surface area contributed by atoms with E-state index in [1.165, 1.54) is 0 Å². The molecule has 3 aromatic rings. The van der Waals surface area contributed by atoms with Crippen LogP contribution in [0, 0.1) is 5.92 Å². The number of anilines is 1. The third kappa shape index (κ3) is 7.78. The summed E-state index contributed by atoms with van der Waals surface area (Å²) in [6.45, 7) is 4.11. The van der Waals surface area contributed by atoms with Crippen LogP contribution >= 0.6 is 23.2 Å². The van der Waals surface area contributed by atoms with E-state index in [0.717, 1.165) is 37.1 Å². The van der Waals surface area contributed by atoms with Gasteiger partial charge in [0, 0.05) is 54.3 Å². The second-order valence-corrected chi connectivity index (χ2v) is 11.1. The fourth-order valence-corrected chi connectivity index (χ4v) is 5.63. The summed E-state index contributed by atoms with van der Waals surface area (Å²) < 4.78 is 20.1. The molecule has 40 heavy (non-hydrogen) atoms. The first-order valence-corrected chi connectivity index (χ1v) is 14.1. The third-order valence-corrected chi connectivity index (χ3v) is 7.50. The Bertz CT molecular complexity index is 1300. The maximum Gasteiger partial charge on any atom is 0.303 e. The average molecular weight is 589 g/mol. The van der Waals surface area contributed by atoms with Crippen molar-refractivity contribution < 1.29 is 19.0 Å². The minimum absolute atomic E-state index is 0.207. The smallest absolute Gasteiger partial charge is 0.303 e. The Morgan fingerprint density at radius 3 is 2.50 bits per heavy atom. The summed E-state index contributed by atoms with van der Waals surface area (Å²) in [7, 11) is 0. The molecule has 5 rings (SSSR count). The number of alkyl halides is 1. The molecular formula is C28H31Cl2FN6O3. The maximum atomic E-state index is 14.0. The van der Waals surface area contributed by atoms with Gasteiger partial charge in [-0.1, -0.05) is 23.2 Å². The quantitative estimate of drug-likeness (QED) is 0.373. The van der Waals surface area contributed by atoms with Crippen LogP contribution in [0.5, 0.6) is 11.6 Å². The minimum atomic E-state index is -0.990. The fourth-order valence-electron chi connectivity index (χ4n) is 5.10. The van der Waals surface area contributed by atoms with Gasteiger partial charge in [0.15, 0.2) is 5.75 Å². The number of nitrogens with zero attached hydrogens (tertiary/aromatic N) is 5. The van der Waals surface area contributed by atoms with E-state index < -0.39 is 12.1 Å². The summed E-state index contributed by atoms with van der Waals surface area (Å²) in [5.74, 6) is 0.678. The van der Waals surface area contributed by atoms with Crippen LogP contribution in [0.3, 0.4) is 0 Å². The zero-order valence-electron chi connectivity index (χ0n) is 21.9. The summed E-state index contributed by atoms with van der Waals surface area (Å²) in [5, 5.41) is 13.2. The van der Waals surface area contributed by atoms with E-state index in [0.29, 0.717) is 59.5 Å². The molecule has 9 nitrogen and oxygen atoms in total.